The van der Waals surface area contributed by atoms with E-state index in [1.807, 2.05) is 23.1 Å². The van der Waals surface area contributed by atoms with Crippen molar-refractivity contribution in [3.8, 4) is 0 Å². The zero-order chi connectivity index (χ0) is 21.1. The van der Waals surface area contributed by atoms with Gasteiger partial charge in [0, 0.05) is 28.9 Å². The van der Waals surface area contributed by atoms with Crippen LogP contribution in [0.25, 0.3) is 0 Å². The Morgan fingerprint density at radius 3 is 2.73 bits per heavy atom. The van der Waals surface area contributed by atoms with Crippen LogP contribution in [0.2, 0.25) is 0 Å². The highest BCUT2D eigenvalue weighted by atomic mass is 32.1. The first-order chi connectivity index (χ1) is 14.5. The van der Waals surface area contributed by atoms with Gasteiger partial charge in [-0.3, -0.25) is 9.78 Å². The van der Waals surface area contributed by atoms with Gasteiger partial charge in [0.2, 0.25) is 5.91 Å². The molecule has 5 nitrogen and oxygen atoms in total. The number of nitrogens with zero attached hydrogens (tertiary/aromatic N) is 2. The van der Waals surface area contributed by atoms with E-state index in [9.17, 15) is 9.18 Å². The summed E-state index contributed by atoms with van der Waals surface area (Å²) in [5, 5.41) is 6.59. The molecule has 0 spiro atoms. The maximum absolute atomic E-state index is 13.8. The lowest BCUT2D eigenvalue weighted by molar-refractivity contribution is -0.116. The number of hydrogen-bond acceptors (Lipinski definition) is 4. The number of carbonyl (C=O) groups is 1. The van der Waals surface area contributed by atoms with Gasteiger partial charge in [0.15, 0.2) is 5.11 Å². The molecule has 3 heterocycles. The first kappa shape index (κ1) is 20.4. The average molecular weight is 441 g/mol. The van der Waals surface area contributed by atoms with E-state index in [1.54, 1.807) is 35.7 Å². The van der Waals surface area contributed by atoms with Crippen LogP contribution in [0.15, 0.2) is 60.8 Å². The highest BCUT2D eigenvalue weighted by molar-refractivity contribution is 7.80. The van der Waals surface area contributed by atoms with Crippen molar-refractivity contribution < 1.29 is 9.18 Å². The van der Waals surface area contributed by atoms with Gasteiger partial charge in [-0.15, -0.1) is 11.3 Å². The quantitative estimate of drug-likeness (QED) is 0.549. The summed E-state index contributed by atoms with van der Waals surface area (Å²) in [7, 11) is 0. The number of amides is 1. The molecule has 0 saturated carbocycles. The Hall–Kier alpha value is -2.84. The van der Waals surface area contributed by atoms with Crippen molar-refractivity contribution in [1.82, 2.24) is 15.2 Å². The second-order valence-electron chi connectivity index (χ2n) is 7.05. The molecule has 1 aromatic carbocycles. The van der Waals surface area contributed by atoms with E-state index in [-0.39, 0.29) is 30.1 Å². The van der Waals surface area contributed by atoms with Gasteiger partial charge in [0.05, 0.1) is 23.5 Å². The lowest BCUT2D eigenvalue weighted by Crippen LogP contribution is -2.32. The molecule has 1 amide bonds. The molecule has 2 unspecified atom stereocenters. The van der Waals surface area contributed by atoms with Crippen molar-refractivity contribution in [3.05, 3.63) is 82.1 Å². The smallest absolute Gasteiger partial charge is 0.226 e. The van der Waals surface area contributed by atoms with E-state index in [0.29, 0.717) is 11.7 Å². The van der Waals surface area contributed by atoms with Crippen LogP contribution in [-0.2, 0) is 4.79 Å². The van der Waals surface area contributed by atoms with E-state index in [4.69, 9.17) is 12.2 Å². The second-order valence-corrected chi connectivity index (χ2v) is 8.75. The van der Waals surface area contributed by atoms with Crippen LogP contribution in [0, 0.1) is 12.7 Å². The van der Waals surface area contributed by atoms with E-state index in [1.165, 1.54) is 10.9 Å². The highest BCUT2D eigenvalue weighted by Crippen LogP contribution is 2.41. The summed E-state index contributed by atoms with van der Waals surface area (Å²) in [5.41, 5.74) is 1.08. The Labute approximate surface area is 183 Å². The number of para-hydroxylation sites is 1. The normalized spacial score (nSPS) is 18.3. The molecule has 30 heavy (non-hydrogen) atoms. The lowest BCUT2D eigenvalue weighted by atomic mass is 10.0. The number of thiophene rings is 1. The number of aromatic nitrogens is 1. The Balaban J connectivity index is 1.52. The van der Waals surface area contributed by atoms with Crippen LogP contribution in [0.3, 0.4) is 0 Å². The van der Waals surface area contributed by atoms with Crippen LogP contribution in [-0.4, -0.2) is 27.4 Å². The third-order valence-corrected chi connectivity index (χ3v) is 6.40. The highest BCUT2D eigenvalue weighted by Gasteiger charge is 2.40. The van der Waals surface area contributed by atoms with Gasteiger partial charge in [-0.05, 0) is 55.5 Å². The zero-order valence-corrected chi connectivity index (χ0v) is 18.0. The molecule has 1 fully saturated rings. The minimum Gasteiger partial charge on any atom is -0.352 e. The van der Waals surface area contributed by atoms with Gasteiger partial charge in [0.25, 0.3) is 0 Å². The molecule has 2 atom stereocenters. The van der Waals surface area contributed by atoms with Crippen molar-refractivity contribution in [3.63, 3.8) is 0 Å². The summed E-state index contributed by atoms with van der Waals surface area (Å²) in [4.78, 5) is 21.4. The van der Waals surface area contributed by atoms with E-state index >= 15 is 0 Å². The molecule has 2 N–H and O–H groups in total. The van der Waals surface area contributed by atoms with Crippen molar-refractivity contribution in [2.75, 3.05) is 11.9 Å². The third-order valence-electron chi connectivity index (χ3n) is 4.98. The van der Waals surface area contributed by atoms with E-state index < -0.39 is 5.82 Å². The zero-order valence-electron chi connectivity index (χ0n) is 16.3. The van der Waals surface area contributed by atoms with Gasteiger partial charge in [-0.25, -0.2) is 4.39 Å². The summed E-state index contributed by atoms with van der Waals surface area (Å²) in [6.07, 6.45) is 1.95. The number of benzene rings is 1. The largest absolute Gasteiger partial charge is 0.352 e. The maximum Gasteiger partial charge on any atom is 0.226 e. The predicted octanol–water partition coefficient (Wildman–Crippen LogP) is 4.59. The van der Waals surface area contributed by atoms with E-state index in [2.05, 4.69) is 34.7 Å². The van der Waals surface area contributed by atoms with Crippen LogP contribution in [0.4, 0.5) is 10.1 Å². The maximum atomic E-state index is 13.8. The molecule has 1 aliphatic rings. The van der Waals surface area contributed by atoms with Gasteiger partial charge >= 0.3 is 0 Å². The van der Waals surface area contributed by atoms with Gasteiger partial charge in [0.1, 0.15) is 5.82 Å². The molecule has 3 aromatic rings. The Morgan fingerprint density at radius 2 is 2.03 bits per heavy atom. The number of halogens is 1. The first-order valence-electron chi connectivity index (χ1n) is 9.61. The van der Waals surface area contributed by atoms with Gasteiger partial charge < -0.3 is 15.5 Å². The number of thiocarbonyl (C=S) groups is 1. The molecule has 1 aliphatic heterocycles. The topological polar surface area (TPSA) is 57.3 Å². The SMILES string of the molecule is Cc1ccc(C2C(c3ccccn3)NC(=S)N2CCC(=O)Nc2ccccc2F)s1. The summed E-state index contributed by atoms with van der Waals surface area (Å²) in [6, 6.07) is 16.0. The molecule has 0 radical (unpaired) electrons. The summed E-state index contributed by atoms with van der Waals surface area (Å²) in [6.45, 7) is 2.48. The van der Waals surface area contributed by atoms with Crippen molar-refractivity contribution in [2.45, 2.75) is 25.4 Å². The third kappa shape index (κ3) is 4.34. The fourth-order valence-electron chi connectivity index (χ4n) is 3.56. The van der Waals surface area contributed by atoms with Crippen molar-refractivity contribution >= 4 is 40.3 Å². The molecule has 2 aromatic heterocycles. The minimum absolute atomic E-state index is 0.0626. The van der Waals surface area contributed by atoms with Crippen LogP contribution >= 0.6 is 23.6 Å². The minimum atomic E-state index is -0.452. The second kappa shape index (κ2) is 8.89. The van der Waals surface area contributed by atoms with Crippen LogP contribution in [0.1, 0.15) is 34.0 Å². The molecular weight excluding hydrogens is 419 g/mol. The van der Waals surface area contributed by atoms with Crippen LogP contribution in [0.5, 0.6) is 0 Å². The summed E-state index contributed by atoms with van der Waals surface area (Å²) < 4.78 is 13.8. The van der Waals surface area contributed by atoms with Gasteiger partial charge in [-0.1, -0.05) is 18.2 Å². The molecule has 8 heteroatoms. The predicted molar refractivity (Wildman–Crippen MR) is 121 cm³/mol. The molecule has 0 bridgehead atoms. The molecule has 1 saturated heterocycles. The van der Waals surface area contributed by atoms with Crippen molar-refractivity contribution in [1.29, 1.82) is 0 Å². The fraction of sp³-hybridized carbons (Fsp3) is 0.227. The number of aryl methyl sites for hydroxylation is 1. The average Bonchev–Trinajstić information content (AvgIpc) is 3.31. The molecule has 4 rings (SSSR count). The summed E-state index contributed by atoms with van der Waals surface area (Å²) in [5.74, 6) is -0.711. The number of hydrogen-bond donors (Lipinski definition) is 2. The molecule has 0 aliphatic carbocycles. The fourth-order valence-corrected chi connectivity index (χ4v) is 4.92. The number of nitrogens with one attached hydrogen (secondary N) is 2. The number of anilines is 1. The number of carbonyl (C=O) groups excluding carboxylic acids is 1. The molecule has 154 valence electrons. The Kier molecular flexibility index (Phi) is 6.06. The monoisotopic (exact) mass is 440 g/mol. The molecular formula is C22H21FN4OS2. The lowest BCUT2D eigenvalue weighted by Gasteiger charge is -2.26. The Bertz CT molecular complexity index is 1060. The number of pyridine rings is 1. The van der Waals surface area contributed by atoms with Crippen molar-refractivity contribution in [2.24, 2.45) is 0 Å². The standard InChI is InChI=1S/C22H21FN4OS2/c1-14-9-10-18(30-14)21-20(17-8-4-5-12-24-17)26-22(29)27(21)13-11-19(28)25-16-7-3-2-6-15(16)23/h2-10,12,20-21H,11,13H2,1H3,(H,25,28)(H,26,29). The summed E-state index contributed by atoms with van der Waals surface area (Å²) >= 11 is 7.31. The van der Waals surface area contributed by atoms with E-state index in [0.717, 1.165) is 10.6 Å². The number of rotatable bonds is 6. The Morgan fingerprint density at radius 1 is 1.23 bits per heavy atom. The van der Waals surface area contributed by atoms with Gasteiger partial charge in [-0.2, -0.15) is 0 Å². The van der Waals surface area contributed by atoms with Crippen LogP contribution < -0.4 is 10.6 Å². The first-order valence-corrected chi connectivity index (χ1v) is 10.8.